The summed E-state index contributed by atoms with van der Waals surface area (Å²) in [5, 5.41) is 3.30. The quantitative estimate of drug-likeness (QED) is 0.884. The molecule has 0 saturated carbocycles. The van der Waals surface area contributed by atoms with Gasteiger partial charge in [0.15, 0.2) is 0 Å². The average molecular weight is 381 g/mol. The highest BCUT2D eigenvalue weighted by Crippen LogP contribution is 2.26. The third kappa shape index (κ3) is 3.76. The second kappa shape index (κ2) is 7.92. The fourth-order valence-corrected chi connectivity index (χ4v) is 4.38. The monoisotopic (exact) mass is 381 g/mol. The smallest absolute Gasteiger partial charge is 0.256 e. The Morgan fingerprint density at radius 2 is 1.86 bits per heavy atom. The number of benzene rings is 2. The molecule has 2 saturated heterocycles. The van der Waals surface area contributed by atoms with Crippen molar-refractivity contribution in [2.45, 2.75) is 26.2 Å². The van der Waals surface area contributed by atoms with Gasteiger partial charge in [-0.15, -0.1) is 0 Å². The highest BCUT2D eigenvalue weighted by molar-refractivity contribution is 5.94. The van der Waals surface area contributed by atoms with E-state index < -0.39 is 5.82 Å². The Bertz CT molecular complexity index is 868. The van der Waals surface area contributed by atoms with E-state index in [-0.39, 0.29) is 11.5 Å². The van der Waals surface area contributed by atoms with Crippen LogP contribution in [0.2, 0.25) is 0 Å². The highest BCUT2D eigenvalue weighted by Gasteiger charge is 2.26. The lowest BCUT2D eigenvalue weighted by Gasteiger charge is -2.37. The molecule has 0 aliphatic carbocycles. The zero-order valence-electron chi connectivity index (χ0n) is 16.7. The van der Waals surface area contributed by atoms with Gasteiger partial charge in [-0.25, -0.2) is 4.39 Å². The van der Waals surface area contributed by atoms with E-state index in [1.807, 2.05) is 6.07 Å². The molecule has 4 rings (SSSR count). The normalized spacial score (nSPS) is 19.9. The Kier molecular flexibility index (Phi) is 5.36. The SMILES string of the molecule is Cc1ccc(N2CCN(C(=O)c3ccc(C4CCNC4)cc3F)CC2)c(C)c1. The average Bonchev–Trinajstić information content (AvgIpc) is 3.22. The van der Waals surface area contributed by atoms with E-state index >= 15 is 0 Å². The second-order valence-electron chi connectivity index (χ2n) is 8.00. The highest BCUT2D eigenvalue weighted by atomic mass is 19.1. The number of carbonyl (C=O) groups excluding carboxylic acids is 1. The number of nitrogens with one attached hydrogen (secondary N) is 1. The molecular formula is C23H28FN3O. The van der Waals surface area contributed by atoms with Gasteiger partial charge < -0.3 is 15.1 Å². The summed E-state index contributed by atoms with van der Waals surface area (Å²) >= 11 is 0. The van der Waals surface area contributed by atoms with Gasteiger partial charge in [-0.05, 0) is 62.1 Å². The number of anilines is 1. The first-order valence-corrected chi connectivity index (χ1v) is 10.1. The van der Waals surface area contributed by atoms with E-state index in [1.165, 1.54) is 16.8 Å². The Balaban J connectivity index is 1.42. The maximum atomic E-state index is 14.7. The van der Waals surface area contributed by atoms with E-state index in [0.717, 1.165) is 38.2 Å². The van der Waals surface area contributed by atoms with Crippen molar-refractivity contribution in [1.82, 2.24) is 10.2 Å². The van der Waals surface area contributed by atoms with Crippen LogP contribution in [0.25, 0.3) is 0 Å². The number of carbonyl (C=O) groups is 1. The molecule has 4 nitrogen and oxygen atoms in total. The number of rotatable bonds is 3. The van der Waals surface area contributed by atoms with Crippen molar-refractivity contribution in [2.75, 3.05) is 44.2 Å². The van der Waals surface area contributed by atoms with Crippen LogP contribution in [0, 0.1) is 19.7 Å². The summed E-state index contributed by atoms with van der Waals surface area (Å²) < 4.78 is 14.7. The molecular weight excluding hydrogens is 353 g/mol. The minimum absolute atomic E-state index is 0.190. The number of halogens is 1. The molecule has 1 N–H and O–H groups in total. The lowest BCUT2D eigenvalue weighted by molar-refractivity contribution is 0.0742. The van der Waals surface area contributed by atoms with Crippen LogP contribution >= 0.6 is 0 Å². The number of nitrogens with zero attached hydrogens (tertiary/aromatic N) is 2. The minimum atomic E-state index is -0.397. The molecule has 0 radical (unpaired) electrons. The van der Waals surface area contributed by atoms with E-state index in [4.69, 9.17) is 0 Å². The molecule has 0 spiro atoms. The Labute approximate surface area is 166 Å². The lowest BCUT2D eigenvalue weighted by Crippen LogP contribution is -2.49. The molecule has 2 fully saturated rings. The fraction of sp³-hybridized carbons (Fsp3) is 0.435. The Hall–Kier alpha value is -2.40. The van der Waals surface area contributed by atoms with Gasteiger partial charge in [0.1, 0.15) is 5.82 Å². The predicted octanol–water partition coefficient (Wildman–Crippen LogP) is 3.48. The predicted molar refractivity (Wildman–Crippen MR) is 111 cm³/mol. The van der Waals surface area contributed by atoms with Crippen LogP contribution in [-0.2, 0) is 0 Å². The van der Waals surface area contributed by atoms with Gasteiger partial charge in [-0.3, -0.25) is 4.79 Å². The zero-order valence-corrected chi connectivity index (χ0v) is 16.7. The molecule has 0 bridgehead atoms. The summed E-state index contributed by atoms with van der Waals surface area (Å²) in [7, 11) is 0. The molecule has 2 aliphatic heterocycles. The summed E-state index contributed by atoms with van der Waals surface area (Å²) in [5.74, 6) is -0.250. The molecule has 2 aromatic carbocycles. The van der Waals surface area contributed by atoms with Crippen LogP contribution < -0.4 is 10.2 Å². The van der Waals surface area contributed by atoms with Crippen LogP contribution in [0.5, 0.6) is 0 Å². The minimum Gasteiger partial charge on any atom is -0.368 e. The summed E-state index contributed by atoms with van der Waals surface area (Å²) in [6, 6.07) is 11.6. The number of aryl methyl sites for hydroxylation is 2. The Morgan fingerprint density at radius 1 is 1.07 bits per heavy atom. The molecule has 1 amide bonds. The van der Waals surface area contributed by atoms with Crippen molar-refractivity contribution < 1.29 is 9.18 Å². The molecule has 1 atom stereocenters. The van der Waals surface area contributed by atoms with Crippen molar-refractivity contribution in [3.05, 3.63) is 64.5 Å². The largest absolute Gasteiger partial charge is 0.368 e. The van der Waals surface area contributed by atoms with E-state index in [0.29, 0.717) is 19.0 Å². The lowest BCUT2D eigenvalue weighted by atomic mass is 9.96. The first kappa shape index (κ1) is 18.9. The van der Waals surface area contributed by atoms with Crippen molar-refractivity contribution >= 4 is 11.6 Å². The first-order chi connectivity index (χ1) is 13.5. The number of piperazine rings is 1. The van der Waals surface area contributed by atoms with Crippen molar-refractivity contribution in [1.29, 1.82) is 0 Å². The van der Waals surface area contributed by atoms with E-state index in [9.17, 15) is 9.18 Å². The Morgan fingerprint density at radius 3 is 2.50 bits per heavy atom. The third-order valence-electron chi connectivity index (χ3n) is 6.02. The first-order valence-electron chi connectivity index (χ1n) is 10.1. The number of amides is 1. The topological polar surface area (TPSA) is 35.6 Å². The molecule has 5 heteroatoms. The third-order valence-corrected chi connectivity index (χ3v) is 6.02. The molecule has 2 heterocycles. The molecule has 0 aromatic heterocycles. The van der Waals surface area contributed by atoms with Crippen molar-refractivity contribution in [3.8, 4) is 0 Å². The van der Waals surface area contributed by atoms with E-state index in [1.54, 1.807) is 17.0 Å². The van der Waals surface area contributed by atoms with Crippen molar-refractivity contribution in [2.24, 2.45) is 0 Å². The van der Waals surface area contributed by atoms with Crippen LogP contribution in [0.3, 0.4) is 0 Å². The van der Waals surface area contributed by atoms with Crippen LogP contribution in [0.4, 0.5) is 10.1 Å². The number of hydrogen-bond acceptors (Lipinski definition) is 3. The molecule has 1 unspecified atom stereocenters. The maximum Gasteiger partial charge on any atom is 0.256 e. The fourth-order valence-electron chi connectivity index (χ4n) is 4.38. The summed E-state index contributed by atoms with van der Waals surface area (Å²) in [6.07, 6.45) is 1.02. The zero-order chi connectivity index (χ0) is 19.7. The summed E-state index contributed by atoms with van der Waals surface area (Å²) in [5.41, 5.74) is 4.90. The molecule has 28 heavy (non-hydrogen) atoms. The molecule has 2 aromatic rings. The summed E-state index contributed by atoms with van der Waals surface area (Å²) in [6.45, 7) is 8.82. The van der Waals surface area contributed by atoms with Gasteiger partial charge >= 0.3 is 0 Å². The van der Waals surface area contributed by atoms with Gasteiger partial charge in [0.25, 0.3) is 5.91 Å². The van der Waals surface area contributed by atoms with E-state index in [2.05, 4.69) is 42.3 Å². The number of hydrogen-bond donors (Lipinski definition) is 1. The molecule has 2 aliphatic rings. The molecule has 148 valence electrons. The van der Waals surface area contributed by atoms with Gasteiger partial charge in [0.05, 0.1) is 5.56 Å². The van der Waals surface area contributed by atoms with Gasteiger partial charge in [0.2, 0.25) is 0 Å². The van der Waals surface area contributed by atoms with Crippen molar-refractivity contribution in [3.63, 3.8) is 0 Å². The van der Waals surface area contributed by atoms with Crippen LogP contribution in [0.15, 0.2) is 36.4 Å². The van der Waals surface area contributed by atoms with Crippen LogP contribution in [0.1, 0.15) is 39.4 Å². The summed E-state index contributed by atoms with van der Waals surface area (Å²) in [4.78, 5) is 16.9. The van der Waals surface area contributed by atoms with Gasteiger partial charge in [-0.1, -0.05) is 23.8 Å². The second-order valence-corrected chi connectivity index (χ2v) is 8.00. The van der Waals surface area contributed by atoms with Gasteiger partial charge in [-0.2, -0.15) is 0 Å². The van der Waals surface area contributed by atoms with Crippen LogP contribution in [-0.4, -0.2) is 50.1 Å². The van der Waals surface area contributed by atoms with Gasteiger partial charge in [0, 0.05) is 38.4 Å². The maximum absolute atomic E-state index is 14.7. The standard InChI is InChI=1S/C23H28FN3O/c1-16-3-6-22(17(2)13-16)26-9-11-27(12-10-26)23(28)20-5-4-18(14-21(20)24)19-7-8-25-15-19/h3-6,13-14,19,25H,7-12,15H2,1-2H3.